The molecule has 0 radical (unpaired) electrons. The Morgan fingerprint density at radius 1 is 1.40 bits per heavy atom. The minimum atomic E-state index is -1.20. The molecular weight excluding hydrogens is 260 g/mol. The number of benzene rings is 1. The zero-order valence-corrected chi connectivity index (χ0v) is 11.2. The van der Waals surface area contributed by atoms with Crippen molar-refractivity contribution in [3.8, 4) is 0 Å². The number of nitro benzene ring substituents is 1. The van der Waals surface area contributed by atoms with Gasteiger partial charge in [0, 0.05) is 24.8 Å². The van der Waals surface area contributed by atoms with Crippen LogP contribution in [0.1, 0.15) is 15.9 Å². The van der Waals surface area contributed by atoms with Gasteiger partial charge in [-0.2, -0.15) is 0 Å². The van der Waals surface area contributed by atoms with E-state index in [1.54, 1.807) is 24.0 Å². The Morgan fingerprint density at radius 2 is 1.95 bits per heavy atom. The van der Waals surface area contributed by atoms with Crippen LogP contribution in [0.15, 0.2) is 37.4 Å². The van der Waals surface area contributed by atoms with Crippen molar-refractivity contribution in [1.82, 2.24) is 0 Å². The first-order valence-electron chi connectivity index (χ1n) is 5.91. The highest BCUT2D eigenvalue weighted by Gasteiger charge is 2.21. The van der Waals surface area contributed by atoms with E-state index in [4.69, 9.17) is 5.11 Å². The molecule has 0 fully saturated rings. The quantitative estimate of drug-likeness (QED) is 0.470. The average molecular weight is 276 g/mol. The molecule has 0 bridgehead atoms. The van der Waals surface area contributed by atoms with E-state index in [9.17, 15) is 14.9 Å². The van der Waals surface area contributed by atoms with E-state index in [1.807, 2.05) is 0 Å². The molecule has 1 aromatic rings. The second-order valence-electron chi connectivity index (χ2n) is 4.18. The number of hydrogen-bond acceptors (Lipinski definition) is 4. The van der Waals surface area contributed by atoms with E-state index in [0.717, 1.165) is 6.07 Å². The van der Waals surface area contributed by atoms with Crippen LogP contribution < -0.4 is 4.90 Å². The largest absolute Gasteiger partial charge is 0.478 e. The lowest BCUT2D eigenvalue weighted by atomic mass is 10.1. The number of carboxylic acids is 1. The second-order valence-corrected chi connectivity index (χ2v) is 4.18. The van der Waals surface area contributed by atoms with E-state index in [0.29, 0.717) is 24.3 Å². The van der Waals surface area contributed by atoms with Crippen LogP contribution in [0.5, 0.6) is 0 Å². The molecule has 0 aliphatic heterocycles. The molecule has 0 aliphatic rings. The minimum Gasteiger partial charge on any atom is -0.478 e. The van der Waals surface area contributed by atoms with Crippen LogP contribution in [-0.4, -0.2) is 29.1 Å². The van der Waals surface area contributed by atoms with E-state index < -0.39 is 10.9 Å². The van der Waals surface area contributed by atoms with Gasteiger partial charge in [-0.25, -0.2) is 4.79 Å². The fourth-order valence-electron chi connectivity index (χ4n) is 1.91. The Kier molecular flexibility index (Phi) is 5.02. The first kappa shape index (κ1) is 15.4. The molecule has 0 atom stereocenters. The maximum Gasteiger partial charge on any atom is 0.336 e. The highest BCUT2D eigenvalue weighted by molar-refractivity contribution is 5.90. The van der Waals surface area contributed by atoms with Crippen molar-refractivity contribution >= 4 is 17.3 Å². The van der Waals surface area contributed by atoms with Crippen molar-refractivity contribution < 1.29 is 14.8 Å². The molecule has 106 valence electrons. The lowest BCUT2D eigenvalue weighted by molar-refractivity contribution is -0.385. The summed E-state index contributed by atoms with van der Waals surface area (Å²) < 4.78 is 0. The van der Waals surface area contributed by atoms with Gasteiger partial charge in [-0.05, 0) is 13.0 Å². The van der Waals surface area contributed by atoms with Gasteiger partial charge >= 0.3 is 5.97 Å². The van der Waals surface area contributed by atoms with Crippen molar-refractivity contribution in [2.24, 2.45) is 0 Å². The van der Waals surface area contributed by atoms with Gasteiger partial charge < -0.3 is 10.0 Å². The predicted octanol–water partition coefficient (Wildman–Crippen LogP) is 2.78. The molecular formula is C14H16N2O4. The number of anilines is 1. The third-order valence-electron chi connectivity index (χ3n) is 2.84. The summed E-state index contributed by atoms with van der Waals surface area (Å²) in [7, 11) is 0. The van der Waals surface area contributed by atoms with Crippen molar-refractivity contribution in [3.63, 3.8) is 0 Å². The third-order valence-corrected chi connectivity index (χ3v) is 2.84. The zero-order chi connectivity index (χ0) is 15.3. The van der Waals surface area contributed by atoms with E-state index in [-0.39, 0.29) is 11.3 Å². The van der Waals surface area contributed by atoms with E-state index >= 15 is 0 Å². The highest BCUT2D eigenvalue weighted by Crippen LogP contribution is 2.30. The summed E-state index contributed by atoms with van der Waals surface area (Å²) in [5, 5.41) is 20.1. The molecule has 0 heterocycles. The number of rotatable bonds is 7. The summed E-state index contributed by atoms with van der Waals surface area (Å²) in [4.78, 5) is 23.3. The maximum atomic E-state index is 11.1. The molecule has 0 aromatic heterocycles. The fourth-order valence-corrected chi connectivity index (χ4v) is 1.91. The lowest BCUT2D eigenvalue weighted by Crippen LogP contribution is -2.24. The van der Waals surface area contributed by atoms with Gasteiger partial charge in [0.05, 0.1) is 16.1 Å². The van der Waals surface area contributed by atoms with Crippen molar-refractivity contribution in [1.29, 1.82) is 0 Å². The number of nitro groups is 1. The molecule has 0 saturated carbocycles. The second kappa shape index (κ2) is 6.51. The minimum absolute atomic E-state index is 0.115. The monoisotopic (exact) mass is 276 g/mol. The summed E-state index contributed by atoms with van der Waals surface area (Å²) in [5.41, 5.74) is 0.591. The summed E-state index contributed by atoms with van der Waals surface area (Å²) >= 11 is 0. The van der Waals surface area contributed by atoms with Gasteiger partial charge in [0.2, 0.25) is 0 Å². The van der Waals surface area contributed by atoms with Gasteiger partial charge in [-0.1, -0.05) is 12.2 Å². The van der Waals surface area contributed by atoms with Crippen LogP contribution in [0, 0.1) is 17.0 Å². The molecule has 0 aliphatic carbocycles. The number of aromatic carboxylic acids is 1. The molecule has 20 heavy (non-hydrogen) atoms. The van der Waals surface area contributed by atoms with Gasteiger partial charge in [0.1, 0.15) is 0 Å². The first-order chi connectivity index (χ1) is 9.42. The summed E-state index contributed by atoms with van der Waals surface area (Å²) in [6.07, 6.45) is 3.28. The number of hydrogen-bond donors (Lipinski definition) is 1. The number of nitrogens with zero attached hydrogens (tertiary/aromatic N) is 2. The molecule has 6 heteroatoms. The van der Waals surface area contributed by atoms with Crippen LogP contribution >= 0.6 is 0 Å². The Bertz CT molecular complexity index is 557. The molecule has 6 nitrogen and oxygen atoms in total. The van der Waals surface area contributed by atoms with Crippen LogP contribution in [0.25, 0.3) is 0 Å². The molecule has 0 spiro atoms. The van der Waals surface area contributed by atoms with Gasteiger partial charge in [0.15, 0.2) is 0 Å². The van der Waals surface area contributed by atoms with Crippen molar-refractivity contribution in [2.75, 3.05) is 18.0 Å². The molecule has 1 aromatic carbocycles. The smallest absolute Gasteiger partial charge is 0.336 e. The molecule has 0 saturated heterocycles. The SMILES string of the molecule is C=CCN(CC=C)c1cc(C(=O)O)cc([N+](=O)[O-])c1C. The normalized spacial score (nSPS) is 9.85. The molecule has 0 amide bonds. The van der Waals surface area contributed by atoms with E-state index in [2.05, 4.69) is 13.2 Å². The first-order valence-corrected chi connectivity index (χ1v) is 5.91. The van der Waals surface area contributed by atoms with Gasteiger partial charge in [-0.15, -0.1) is 13.2 Å². The average Bonchev–Trinajstić information content (AvgIpc) is 2.38. The zero-order valence-electron chi connectivity index (χ0n) is 11.2. The Balaban J connectivity index is 3.49. The highest BCUT2D eigenvalue weighted by atomic mass is 16.6. The van der Waals surface area contributed by atoms with Crippen LogP contribution in [0.3, 0.4) is 0 Å². The fraction of sp³-hybridized carbons (Fsp3) is 0.214. The lowest BCUT2D eigenvalue weighted by Gasteiger charge is -2.23. The topological polar surface area (TPSA) is 83.7 Å². The Labute approximate surface area is 116 Å². The summed E-state index contributed by atoms with van der Waals surface area (Å²) in [6, 6.07) is 2.50. The molecule has 1 rings (SSSR count). The number of carbonyl (C=O) groups is 1. The van der Waals surface area contributed by atoms with Crippen LogP contribution in [-0.2, 0) is 0 Å². The van der Waals surface area contributed by atoms with Crippen LogP contribution in [0.4, 0.5) is 11.4 Å². The molecule has 1 N–H and O–H groups in total. The summed E-state index contributed by atoms with van der Waals surface area (Å²) in [5.74, 6) is -1.20. The van der Waals surface area contributed by atoms with Gasteiger partial charge in [0.25, 0.3) is 5.69 Å². The molecule has 0 unspecified atom stereocenters. The Hall–Kier alpha value is -2.63. The standard InChI is InChI=1S/C14H16N2O4/c1-4-6-15(7-5-2)12-8-11(14(17)18)9-13(10(12)3)16(19)20/h4-5,8-9H,1-2,6-7H2,3H3,(H,17,18). The maximum absolute atomic E-state index is 11.1. The number of carboxylic acid groups (broad SMARTS) is 1. The van der Waals surface area contributed by atoms with E-state index in [1.165, 1.54) is 6.07 Å². The Morgan fingerprint density at radius 3 is 2.35 bits per heavy atom. The van der Waals surface area contributed by atoms with Gasteiger partial charge in [-0.3, -0.25) is 10.1 Å². The summed E-state index contributed by atoms with van der Waals surface area (Å²) in [6.45, 7) is 9.72. The van der Waals surface area contributed by atoms with Crippen LogP contribution in [0.2, 0.25) is 0 Å². The third kappa shape index (κ3) is 3.23. The van der Waals surface area contributed by atoms with Crippen molar-refractivity contribution in [3.05, 3.63) is 58.7 Å². The predicted molar refractivity (Wildman–Crippen MR) is 77.4 cm³/mol. The van der Waals surface area contributed by atoms with Crippen molar-refractivity contribution in [2.45, 2.75) is 6.92 Å².